The fourth-order valence-electron chi connectivity index (χ4n) is 2.57. The zero-order valence-electron chi connectivity index (χ0n) is 12.6. The van der Waals surface area contributed by atoms with Crippen LogP contribution in [0.15, 0.2) is 24.3 Å². The third kappa shape index (κ3) is 3.19. The van der Waals surface area contributed by atoms with Crippen LogP contribution in [0.5, 0.6) is 5.75 Å². The molecule has 0 bridgehead atoms. The lowest BCUT2D eigenvalue weighted by molar-refractivity contribution is -0.131. The number of aromatic hydroxyl groups is 1. The predicted molar refractivity (Wildman–Crippen MR) is 79.8 cm³/mol. The van der Waals surface area contributed by atoms with Crippen molar-refractivity contribution in [2.45, 2.75) is 30.9 Å². The van der Waals surface area contributed by atoms with Crippen LogP contribution in [0.2, 0.25) is 0 Å². The van der Waals surface area contributed by atoms with Crippen molar-refractivity contribution in [3.05, 3.63) is 29.8 Å². The summed E-state index contributed by atoms with van der Waals surface area (Å²) in [5, 5.41) is 9.57. The second-order valence-corrected chi connectivity index (χ2v) is 7.14. The van der Waals surface area contributed by atoms with Gasteiger partial charge in [0.1, 0.15) is 5.75 Å². The van der Waals surface area contributed by atoms with E-state index < -0.39 is 26.7 Å². The molecular weight excluding hydrogens is 294 g/mol. The third-order valence-electron chi connectivity index (χ3n) is 3.71. The monoisotopic (exact) mass is 315 g/mol. The number of benzene rings is 1. The minimum Gasteiger partial charge on any atom is -0.508 e. The Hall–Kier alpha value is -1.60. The summed E-state index contributed by atoms with van der Waals surface area (Å²) in [4.78, 5) is 13.5. The predicted octanol–water partition coefficient (Wildman–Crippen LogP) is 1.62. The number of hydrogen-bond donors (Lipinski definition) is 2. The number of amides is 1. The molecule has 1 aromatic carbocycles. The Kier molecular flexibility index (Phi) is 5.01. The van der Waals surface area contributed by atoms with Gasteiger partial charge in [0.15, 0.2) is 4.75 Å². The molecule has 0 spiro atoms. The first-order valence-corrected chi connectivity index (χ1v) is 7.97. The molecule has 1 rings (SSSR count). The van der Waals surface area contributed by atoms with Gasteiger partial charge >= 0.3 is 0 Å². The number of carbonyl (C=O) groups is 1. The van der Waals surface area contributed by atoms with E-state index in [1.54, 1.807) is 19.1 Å². The lowest BCUT2D eigenvalue weighted by Crippen LogP contribution is -2.53. The van der Waals surface area contributed by atoms with Crippen molar-refractivity contribution in [2.24, 2.45) is 0 Å². The quantitative estimate of drug-likeness (QED) is 0.805. The molecule has 118 valence electrons. The van der Waals surface area contributed by atoms with Gasteiger partial charge in [-0.3, -0.25) is 9.35 Å². The van der Waals surface area contributed by atoms with Crippen LogP contribution in [0, 0.1) is 0 Å². The first-order valence-electron chi connectivity index (χ1n) is 6.53. The fraction of sp³-hybridized carbons (Fsp3) is 0.500. The highest BCUT2D eigenvalue weighted by molar-refractivity contribution is 7.88. The van der Waals surface area contributed by atoms with Crippen LogP contribution in [0.25, 0.3) is 0 Å². The Bertz CT molecular complexity index is 626. The number of carbonyl (C=O) groups excluding carboxylic acids is 1. The summed E-state index contributed by atoms with van der Waals surface area (Å²) < 4.78 is 31.4. The van der Waals surface area contributed by atoms with E-state index in [4.69, 9.17) is 0 Å². The van der Waals surface area contributed by atoms with Crippen LogP contribution >= 0.6 is 0 Å². The van der Waals surface area contributed by atoms with E-state index in [0.717, 1.165) is 4.90 Å². The van der Waals surface area contributed by atoms with Crippen molar-refractivity contribution >= 4 is 16.0 Å². The van der Waals surface area contributed by atoms with E-state index in [1.165, 1.54) is 33.2 Å². The molecular formula is C14H21NO5S. The molecule has 2 atom stereocenters. The van der Waals surface area contributed by atoms with Gasteiger partial charge in [0.2, 0.25) is 5.91 Å². The summed E-state index contributed by atoms with van der Waals surface area (Å²) in [6.07, 6.45) is 0.305. The van der Waals surface area contributed by atoms with Crippen LogP contribution < -0.4 is 0 Å². The number of hydrogen-bond acceptors (Lipinski definition) is 4. The van der Waals surface area contributed by atoms with Gasteiger partial charge in [-0.2, -0.15) is 8.42 Å². The summed E-state index contributed by atoms with van der Waals surface area (Å²) in [5.41, 5.74) is 0.479. The highest BCUT2D eigenvalue weighted by Crippen LogP contribution is 2.39. The van der Waals surface area contributed by atoms with E-state index in [-0.39, 0.29) is 5.75 Å². The average molecular weight is 315 g/mol. The van der Waals surface area contributed by atoms with Gasteiger partial charge in [-0.1, -0.05) is 19.1 Å². The Balaban J connectivity index is 3.53. The highest BCUT2D eigenvalue weighted by atomic mass is 32.2. The summed E-state index contributed by atoms with van der Waals surface area (Å²) in [6.45, 7) is 2.93. The fourth-order valence-corrected chi connectivity index (χ4v) is 3.63. The molecule has 1 amide bonds. The molecule has 0 aliphatic rings. The van der Waals surface area contributed by atoms with E-state index in [9.17, 15) is 22.9 Å². The van der Waals surface area contributed by atoms with Crippen molar-refractivity contribution < 1.29 is 22.9 Å². The first-order chi connectivity index (χ1) is 9.55. The summed E-state index contributed by atoms with van der Waals surface area (Å²) in [6, 6.07) is 6.05. The van der Waals surface area contributed by atoms with Gasteiger partial charge in [-0.15, -0.1) is 0 Å². The van der Waals surface area contributed by atoms with Gasteiger partial charge < -0.3 is 10.0 Å². The van der Waals surface area contributed by atoms with E-state index in [1.807, 2.05) is 0 Å². The van der Waals surface area contributed by atoms with Gasteiger partial charge in [-0.05, 0) is 31.0 Å². The highest BCUT2D eigenvalue weighted by Gasteiger charge is 2.52. The Labute approximate surface area is 125 Å². The molecule has 6 nitrogen and oxygen atoms in total. The molecule has 2 unspecified atom stereocenters. The minimum atomic E-state index is -4.65. The van der Waals surface area contributed by atoms with Gasteiger partial charge in [0.25, 0.3) is 10.1 Å². The molecule has 21 heavy (non-hydrogen) atoms. The molecule has 1 aromatic rings. The number of phenolic OH excluding ortho intramolecular Hbond substituents is 1. The Morgan fingerprint density at radius 2 is 1.95 bits per heavy atom. The van der Waals surface area contributed by atoms with E-state index in [0.29, 0.717) is 12.0 Å². The van der Waals surface area contributed by atoms with Gasteiger partial charge in [0, 0.05) is 20.0 Å². The second kappa shape index (κ2) is 6.03. The maximum atomic E-state index is 12.4. The molecule has 0 heterocycles. The molecule has 0 aromatic heterocycles. The second-order valence-electron chi connectivity index (χ2n) is 5.34. The van der Waals surface area contributed by atoms with Crippen LogP contribution in [-0.2, 0) is 14.9 Å². The first kappa shape index (κ1) is 17.5. The number of phenols is 1. The summed E-state index contributed by atoms with van der Waals surface area (Å²) >= 11 is 0. The van der Waals surface area contributed by atoms with Gasteiger partial charge in [0.05, 0.1) is 0 Å². The maximum Gasteiger partial charge on any atom is 0.280 e. The summed E-state index contributed by atoms with van der Waals surface area (Å²) in [7, 11) is -1.79. The van der Waals surface area contributed by atoms with Crippen molar-refractivity contribution in [2.75, 3.05) is 14.1 Å². The van der Waals surface area contributed by atoms with Crippen LogP contribution in [-0.4, -0.2) is 47.7 Å². The van der Waals surface area contributed by atoms with Crippen LogP contribution in [0.3, 0.4) is 0 Å². The number of rotatable bonds is 5. The van der Waals surface area contributed by atoms with Gasteiger partial charge in [-0.25, -0.2) is 0 Å². The zero-order valence-corrected chi connectivity index (χ0v) is 13.4. The molecule has 2 N–H and O–H groups in total. The molecule has 0 aliphatic carbocycles. The normalized spacial score (nSPS) is 16.0. The Morgan fingerprint density at radius 3 is 2.33 bits per heavy atom. The molecule has 7 heteroatoms. The van der Waals surface area contributed by atoms with Crippen molar-refractivity contribution in [3.63, 3.8) is 0 Å². The summed E-state index contributed by atoms with van der Waals surface area (Å²) in [5.74, 6) is -1.52. The molecule has 0 fully saturated rings. The van der Waals surface area contributed by atoms with Crippen LogP contribution in [0.1, 0.15) is 31.7 Å². The minimum absolute atomic E-state index is 0.0269. The lowest BCUT2D eigenvalue weighted by Gasteiger charge is -2.35. The average Bonchev–Trinajstić information content (AvgIpc) is 2.37. The van der Waals surface area contributed by atoms with Crippen molar-refractivity contribution in [3.8, 4) is 5.75 Å². The molecule has 0 radical (unpaired) electrons. The SMILES string of the molecule is CCC(c1cccc(O)c1)C(C)(C(=O)N(C)C)S(=O)(=O)O. The topological polar surface area (TPSA) is 94.9 Å². The number of nitrogens with zero attached hydrogens (tertiary/aromatic N) is 1. The molecule has 0 saturated carbocycles. The van der Waals surface area contributed by atoms with Crippen LogP contribution in [0.4, 0.5) is 0 Å². The largest absolute Gasteiger partial charge is 0.508 e. The third-order valence-corrected chi connectivity index (χ3v) is 5.24. The smallest absolute Gasteiger partial charge is 0.280 e. The molecule has 0 aliphatic heterocycles. The zero-order chi connectivity index (χ0) is 16.4. The Morgan fingerprint density at radius 1 is 1.38 bits per heavy atom. The maximum absolute atomic E-state index is 12.4. The van der Waals surface area contributed by atoms with Crippen molar-refractivity contribution in [1.82, 2.24) is 4.90 Å². The van der Waals surface area contributed by atoms with Crippen molar-refractivity contribution in [1.29, 1.82) is 0 Å². The van der Waals surface area contributed by atoms with E-state index >= 15 is 0 Å². The van der Waals surface area contributed by atoms with E-state index in [2.05, 4.69) is 0 Å². The standard InChI is InChI=1S/C14H21NO5S/c1-5-12(10-7-6-8-11(16)9-10)14(2,21(18,19)20)13(17)15(3)4/h6-9,12,16H,5H2,1-4H3,(H,18,19,20). The molecule has 0 saturated heterocycles. The lowest BCUT2D eigenvalue weighted by atomic mass is 9.83.